The summed E-state index contributed by atoms with van der Waals surface area (Å²) in [4.78, 5) is 21.5. The number of ether oxygens (including phenoxy) is 1. The van der Waals surface area contributed by atoms with Gasteiger partial charge in [-0.3, -0.25) is 4.79 Å². The molecule has 0 aliphatic heterocycles. The summed E-state index contributed by atoms with van der Waals surface area (Å²) in [6.07, 6.45) is 5.40. The van der Waals surface area contributed by atoms with Crippen molar-refractivity contribution in [1.29, 1.82) is 0 Å². The number of rotatable bonds is 4. The zero-order chi connectivity index (χ0) is 19.8. The maximum absolute atomic E-state index is 12.9. The Morgan fingerprint density at radius 3 is 2.66 bits per heavy atom. The molecule has 0 bridgehead atoms. The molecule has 4 nitrogen and oxygen atoms in total. The number of hydrogen-bond donors (Lipinski definition) is 1. The molecule has 2 aromatic heterocycles. The van der Waals surface area contributed by atoms with E-state index in [1.54, 1.807) is 18.4 Å². The van der Waals surface area contributed by atoms with Crippen molar-refractivity contribution < 1.29 is 4.74 Å². The normalized spacial score (nSPS) is 13.4. The van der Waals surface area contributed by atoms with Crippen molar-refractivity contribution in [3.05, 3.63) is 80.7 Å². The molecule has 0 saturated carbocycles. The van der Waals surface area contributed by atoms with E-state index in [1.165, 1.54) is 24.0 Å². The van der Waals surface area contributed by atoms with Gasteiger partial charge < -0.3 is 9.72 Å². The van der Waals surface area contributed by atoms with Gasteiger partial charge in [0.15, 0.2) is 0 Å². The molecular formula is C24H22N2O2S. The number of hydrogen-bond acceptors (Lipinski definition) is 4. The molecule has 5 heteroatoms. The van der Waals surface area contributed by atoms with Crippen molar-refractivity contribution in [2.75, 3.05) is 7.11 Å². The lowest BCUT2D eigenvalue weighted by Gasteiger charge is -2.16. The Kier molecular flexibility index (Phi) is 4.68. The number of methoxy groups -OCH3 is 1. The Morgan fingerprint density at radius 1 is 1.07 bits per heavy atom. The number of aromatic nitrogens is 2. The molecule has 5 rings (SSSR count). The highest BCUT2D eigenvalue weighted by Crippen LogP contribution is 2.33. The van der Waals surface area contributed by atoms with E-state index in [2.05, 4.69) is 28.6 Å². The number of aryl methyl sites for hydroxylation is 2. The largest absolute Gasteiger partial charge is 0.497 e. The second-order valence-electron chi connectivity index (χ2n) is 7.56. The van der Waals surface area contributed by atoms with Crippen LogP contribution in [0.15, 0.2) is 52.6 Å². The van der Waals surface area contributed by atoms with Gasteiger partial charge in [0.2, 0.25) is 0 Å². The summed E-state index contributed by atoms with van der Waals surface area (Å²) in [7, 11) is 1.65. The number of aromatic amines is 1. The molecule has 0 radical (unpaired) electrons. The Labute approximate surface area is 173 Å². The van der Waals surface area contributed by atoms with Crippen LogP contribution in [0.2, 0.25) is 0 Å². The fraction of sp³-hybridized carbons (Fsp3) is 0.250. The average molecular weight is 403 g/mol. The Balaban J connectivity index is 1.50. The van der Waals surface area contributed by atoms with Crippen LogP contribution in [0.1, 0.15) is 35.4 Å². The molecule has 1 aliphatic carbocycles. The number of H-pyrrole nitrogens is 1. The third-order valence-electron chi connectivity index (χ3n) is 5.68. The first-order chi connectivity index (χ1) is 14.2. The van der Waals surface area contributed by atoms with Crippen LogP contribution in [-0.2, 0) is 19.3 Å². The summed E-state index contributed by atoms with van der Waals surface area (Å²) < 4.78 is 5.20. The maximum atomic E-state index is 12.9. The van der Waals surface area contributed by atoms with Crippen molar-refractivity contribution in [1.82, 2.24) is 9.97 Å². The molecule has 146 valence electrons. The Hall–Kier alpha value is -2.92. The van der Waals surface area contributed by atoms with E-state index in [1.807, 2.05) is 24.3 Å². The number of fused-ring (bicyclic) bond motifs is 2. The van der Waals surface area contributed by atoms with Crippen LogP contribution >= 0.6 is 11.3 Å². The molecule has 0 unspecified atom stereocenters. The topological polar surface area (TPSA) is 55.0 Å². The number of nitrogens with one attached hydrogen (secondary N) is 1. The fourth-order valence-corrected chi connectivity index (χ4v) is 5.09. The second-order valence-corrected chi connectivity index (χ2v) is 8.42. The standard InChI is InChI=1S/C24H22N2O2S/c1-28-19-10-6-15(7-11-19)12-21-25-23(27)22-20(14-29-24(22)26-21)18-9-8-16-4-2-3-5-17(16)13-18/h6-11,13-14H,2-5,12H2,1H3,(H,25,26,27). The molecule has 29 heavy (non-hydrogen) atoms. The van der Waals surface area contributed by atoms with Crippen LogP contribution in [0, 0.1) is 0 Å². The van der Waals surface area contributed by atoms with Crippen LogP contribution in [-0.4, -0.2) is 17.1 Å². The molecule has 1 aliphatic rings. The fourth-order valence-electron chi connectivity index (χ4n) is 4.13. The van der Waals surface area contributed by atoms with E-state index in [0.29, 0.717) is 17.6 Å². The van der Waals surface area contributed by atoms with Crippen molar-refractivity contribution in [3.63, 3.8) is 0 Å². The van der Waals surface area contributed by atoms with Crippen molar-refractivity contribution in [2.24, 2.45) is 0 Å². The van der Waals surface area contributed by atoms with Gasteiger partial charge in [0.25, 0.3) is 5.56 Å². The number of thiophene rings is 1. The first kappa shape index (κ1) is 18.1. The molecule has 0 fully saturated rings. The second kappa shape index (κ2) is 7.48. The lowest BCUT2D eigenvalue weighted by Crippen LogP contribution is -2.11. The summed E-state index contributed by atoms with van der Waals surface area (Å²) in [5.41, 5.74) is 6.00. The van der Waals surface area contributed by atoms with Crippen molar-refractivity contribution in [3.8, 4) is 16.9 Å². The van der Waals surface area contributed by atoms with Crippen LogP contribution < -0.4 is 10.3 Å². The number of nitrogens with zero attached hydrogens (tertiary/aromatic N) is 1. The van der Waals surface area contributed by atoms with Gasteiger partial charge in [-0.1, -0.05) is 30.3 Å². The third-order valence-corrected chi connectivity index (χ3v) is 6.56. The van der Waals surface area contributed by atoms with E-state index >= 15 is 0 Å². The minimum Gasteiger partial charge on any atom is -0.497 e. The van der Waals surface area contributed by atoms with Crippen LogP contribution in [0.3, 0.4) is 0 Å². The van der Waals surface area contributed by atoms with Gasteiger partial charge >= 0.3 is 0 Å². The lowest BCUT2D eigenvalue weighted by molar-refractivity contribution is 0.414. The summed E-state index contributed by atoms with van der Waals surface area (Å²) in [6, 6.07) is 14.5. The third kappa shape index (κ3) is 3.47. The average Bonchev–Trinajstić information content (AvgIpc) is 3.18. The van der Waals surface area contributed by atoms with Crippen molar-refractivity contribution in [2.45, 2.75) is 32.1 Å². The molecule has 2 heterocycles. The van der Waals surface area contributed by atoms with Gasteiger partial charge in [-0.25, -0.2) is 4.98 Å². The van der Waals surface area contributed by atoms with E-state index < -0.39 is 0 Å². The van der Waals surface area contributed by atoms with E-state index in [4.69, 9.17) is 9.72 Å². The van der Waals surface area contributed by atoms with Crippen molar-refractivity contribution >= 4 is 21.6 Å². The Morgan fingerprint density at radius 2 is 1.86 bits per heavy atom. The minimum atomic E-state index is -0.0625. The predicted octanol–water partition coefficient (Wildman–Crippen LogP) is 5.13. The molecule has 0 saturated heterocycles. The van der Waals surface area contributed by atoms with Gasteiger partial charge in [-0.15, -0.1) is 11.3 Å². The molecule has 0 atom stereocenters. The van der Waals surface area contributed by atoms with E-state index in [9.17, 15) is 4.79 Å². The van der Waals surface area contributed by atoms with Gasteiger partial charge in [-0.05, 0) is 60.1 Å². The van der Waals surface area contributed by atoms with Crippen LogP contribution in [0.4, 0.5) is 0 Å². The highest BCUT2D eigenvalue weighted by molar-refractivity contribution is 7.17. The highest BCUT2D eigenvalue weighted by atomic mass is 32.1. The Bertz CT molecular complexity index is 1240. The highest BCUT2D eigenvalue weighted by Gasteiger charge is 2.16. The summed E-state index contributed by atoms with van der Waals surface area (Å²) in [5.74, 6) is 1.50. The van der Waals surface area contributed by atoms with E-state index in [0.717, 1.165) is 40.1 Å². The molecule has 1 N–H and O–H groups in total. The molecule has 0 spiro atoms. The summed E-state index contributed by atoms with van der Waals surface area (Å²) in [5, 5.41) is 2.76. The maximum Gasteiger partial charge on any atom is 0.260 e. The van der Waals surface area contributed by atoms with Gasteiger partial charge in [0.05, 0.1) is 12.5 Å². The van der Waals surface area contributed by atoms with Gasteiger partial charge in [0, 0.05) is 17.4 Å². The quantitative estimate of drug-likeness (QED) is 0.515. The molecule has 2 aromatic carbocycles. The minimum absolute atomic E-state index is 0.0625. The smallest absolute Gasteiger partial charge is 0.260 e. The molecule has 4 aromatic rings. The predicted molar refractivity (Wildman–Crippen MR) is 118 cm³/mol. The van der Waals surface area contributed by atoms with Gasteiger partial charge in [0.1, 0.15) is 16.4 Å². The van der Waals surface area contributed by atoms with Crippen LogP contribution in [0.5, 0.6) is 5.75 Å². The van der Waals surface area contributed by atoms with Gasteiger partial charge in [-0.2, -0.15) is 0 Å². The first-order valence-corrected chi connectivity index (χ1v) is 10.8. The first-order valence-electron chi connectivity index (χ1n) is 9.97. The van der Waals surface area contributed by atoms with E-state index in [-0.39, 0.29) is 5.56 Å². The van der Waals surface area contributed by atoms with Crippen LogP contribution in [0.25, 0.3) is 21.3 Å². The molecular weight excluding hydrogens is 380 g/mol. The molecule has 0 amide bonds. The zero-order valence-corrected chi connectivity index (χ0v) is 17.1. The zero-order valence-electron chi connectivity index (χ0n) is 16.3. The monoisotopic (exact) mass is 402 g/mol. The summed E-state index contributed by atoms with van der Waals surface area (Å²) >= 11 is 1.54. The number of benzene rings is 2. The SMILES string of the molecule is COc1ccc(Cc2nc3scc(-c4ccc5c(c4)CCCC5)c3c(=O)[nH]2)cc1. The summed E-state index contributed by atoms with van der Waals surface area (Å²) in [6.45, 7) is 0. The lowest BCUT2D eigenvalue weighted by atomic mass is 9.89.